The number of imide groups is 1. The number of carbonyl (C=O) groups is 2. The SMILES string of the molecule is Cc1ncc(C#CC2=CCN(S(=O)(=O)CC3(C)NC(=O)NC3=O)CC2)cn1. The number of aryl methyl sites for hydroxylation is 1. The van der Waals surface area contributed by atoms with Crippen molar-refractivity contribution in [3.63, 3.8) is 0 Å². The molecule has 1 unspecified atom stereocenters. The average Bonchev–Trinajstić information content (AvgIpc) is 2.85. The third-order valence-corrected chi connectivity index (χ3v) is 6.36. The van der Waals surface area contributed by atoms with Gasteiger partial charge in [0.2, 0.25) is 10.0 Å². The van der Waals surface area contributed by atoms with Crippen molar-refractivity contribution in [1.82, 2.24) is 24.9 Å². The van der Waals surface area contributed by atoms with Crippen LogP contribution in [0.2, 0.25) is 0 Å². The zero-order valence-corrected chi connectivity index (χ0v) is 15.8. The maximum atomic E-state index is 12.6. The quantitative estimate of drug-likeness (QED) is 0.541. The number of aromatic nitrogens is 2. The number of nitrogens with zero attached hydrogens (tertiary/aromatic N) is 3. The molecule has 2 aliphatic rings. The topological polar surface area (TPSA) is 121 Å². The molecule has 142 valence electrons. The molecule has 1 saturated heterocycles. The molecule has 0 radical (unpaired) electrons. The zero-order valence-electron chi connectivity index (χ0n) is 14.9. The van der Waals surface area contributed by atoms with E-state index in [2.05, 4.69) is 32.4 Å². The van der Waals surface area contributed by atoms with E-state index in [0.717, 1.165) is 5.57 Å². The lowest BCUT2D eigenvalue weighted by Gasteiger charge is -2.28. The van der Waals surface area contributed by atoms with Crippen LogP contribution in [0.3, 0.4) is 0 Å². The molecule has 1 atom stereocenters. The first-order valence-corrected chi connectivity index (χ1v) is 9.90. The minimum Gasteiger partial charge on any atom is -0.322 e. The molecule has 3 rings (SSSR count). The highest BCUT2D eigenvalue weighted by Gasteiger charge is 2.46. The van der Waals surface area contributed by atoms with Crippen LogP contribution < -0.4 is 10.6 Å². The largest absolute Gasteiger partial charge is 0.322 e. The molecule has 3 heterocycles. The van der Waals surface area contributed by atoms with Crippen molar-refractivity contribution in [2.75, 3.05) is 18.8 Å². The minimum atomic E-state index is -3.73. The Balaban J connectivity index is 1.66. The van der Waals surface area contributed by atoms with E-state index in [-0.39, 0.29) is 13.1 Å². The summed E-state index contributed by atoms with van der Waals surface area (Å²) in [5.74, 6) is 5.50. The first-order valence-electron chi connectivity index (χ1n) is 8.29. The van der Waals surface area contributed by atoms with Gasteiger partial charge in [0.05, 0.1) is 11.3 Å². The lowest BCUT2D eigenvalue weighted by molar-refractivity contribution is -0.122. The van der Waals surface area contributed by atoms with E-state index in [9.17, 15) is 18.0 Å². The smallest absolute Gasteiger partial charge is 0.322 e. The molecule has 0 bridgehead atoms. The number of urea groups is 1. The van der Waals surface area contributed by atoms with Gasteiger partial charge in [0, 0.05) is 31.1 Å². The number of hydrogen-bond donors (Lipinski definition) is 2. The number of nitrogens with one attached hydrogen (secondary N) is 2. The van der Waals surface area contributed by atoms with Crippen molar-refractivity contribution in [2.24, 2.45) is 0 Å². The van der Waals surface area contributed by atoms with Crippen LogP contribution in [-0.2, 0) is 14.8 Å². The summed E-state index contributed by atoms with van der Waals surface area (Å²) >= 11 is 0. The van der Waals surface area contributed by atoms with Crippen LogP contribution >= 0.6 is 0 Å². The van der Waals surface area contributed by atoms with Gasteiger partial charge < -0.3 is 5.32 Å². The van der Waals surface area contributed by atoms with Crippen LogP contribution in [0, 0.1) is 18.8 Å². The van der Waals surface area contributed by atoms with Gasteiger partial charge in [-0.15, -0.1) is 0 Å². The second-order valence-corrected chi connectivity index (χ2v) is 8.57. The summed E-state index contributed by atoms with van der Waals surface area (Å²) in [5, 5.41) is 4.43. The summed E-state index contributed by atoms with van der Waals surface area (Å²) in [4.78, 5) is 31.3. The summed E-state index contributed by atoms with van der Waals surface area (Å²) in [7, 11) is -3.73. The van der Waals surface area contributed by atoms with E-state index in [1.54, 1.807) is 25.4 Å². The fourth-order valence-corrected chi connectivity index (χ4v) is 4.55. The Labute approximate surface area is 157 Å². The van der Waals surface area contributed by atoms with E-state index in [1.807, 2.05) is 0 Å². The molecule has 0 aliphatic carbocycles. The molecule has 0 spiro atoms. The fourth-order valence-electron chi connectivity index (χ4n) is 2.76. The summed E-state index contributed by atoms with van der Waals surface area (Å²) in [6.07, 6.45) is 5.49. The van der Waals surface area contributed by atoms with Gasteiger partial charge in [0.25, 0.3) is 5.91 Å². The molecular weight excluding hydrogens is 370 g/mol. The normalized spacial score (nSPS) is 23.1. The van der Waals surface area contributed by atoms with Crippen molar-refractivity contribution in [2.45, 2.75) is 25.8 Å². The minimum absolute atomic E-state index is 0.169. The van der Waals surface area contributed by atoms with Crippen LogP contribution in [0.15, 0.2) is 24.0 Å². The van der Waals surface area contributed by atoms with Crippen LogP contribution in [0.4, 0.5) is 4.79 Å². The fraction of sp³-hybridized carbons (Fsp3) is 0.412. The molecule has 2 N–H and O–H groups in total. The standard InChI is InChI=1S/C17H19N5O4S/c1-12-18-9-14(10-19-12)4-3-13-5-7-22(8-6-13)27(25,26)11-17(2)15(23)20-16(24)21-17/h5,9-10H,6-8,11H2,1-2H3,(H2,20,21,23,24). The number of sulfonamides is 1. The van der Waals surface area contributed by atoms with Gasteiger partial charge in [0.1, 0.15) is 11.4 Å². The van der Waals surface area contributed by atoms with Crippen molar-refractivity contribution in [1.29, 1.82) is 0 Å². The molecule has 2 aliphatic heterocycles. The Bertz CT molecular complexity index is 975. The van der Waals surface area contributed by atoms with Crippen LogP contribution in [0.5, 0.6) is 0 Å². The summed E-state index contributed by atoms with van der Waals surface area (Å²) in [5.41, 5.74) is 0.0538. The van der Waals surface area contributed by atoms with Crippen molar-refractivity contribution in [3.8, 4) is 11.8 Å². The van der Waals surface area contributed by atoms with Gasteiger partial charge in [-0.05, 0) is 20.3 Å². The predicted molar refractivity (Wildman–Crippen MR) is 96.8 cm³/mol. The second-order valence-electron chi connectivity index (χ2n) is 6.60. The third-order valence-electron chi connectivity index (χ3n) is 4.30. The molecule has 27 heavy (non-hydrogen) atoms. The highest BCUT2D eigenvalue weighted by atomic mass is 32.2. The lowest BCUT2D eigenvalue weighted by Crippen LogP contribution is -2.52. The van der Waals surface area contributed by atoms with Gasteiger partial charge in [-0.1, -0.05) is 17.9 Å². The highest BCUT2D eigenvalue weighted by Crippen LogP contribution is 2.19. The molecule has 3 amide bonds. The molecule has 1 fully saturated rings. The predicted octanol–water partition coefficient (Wildman–Crippen LogP) is -0.303. The number of hydrogen-bond acceptors (Lipinski definition) is 6. The summed E-state index contributed by atoms with van der Waals surface area (Å²) in [6, 6.07) is -0.686. The molecule has 0 saturated carbocycles. The van der Waals surface area contributed by atoms with Crippen LogP contribution in [-0.4, -0.2) is 59.0 Å². The van der Waals surface area contributed by atoms with Crippen molar-refractivity contribution in [3.05, 3.63) is 35.4 Å². The highest BCUT2D eigenvalue weighted by molar-refractivity contribution is 7.89. The maximum absolute atomic E-state index is 12.6. The second kappa shape index (κ2) is 7.09. The van der Waals surface area contributed by atoms with Gasteiger partial charge in [-0.2, -0.15) is 4.31 Å². The number of carbonyl (C=O) groups excluding carboxylic acids is 2. The van der Waals surface area contributed by atoms with Crippen LogP contribution in [0.25, 0.3) is 0 Å². The van der Waals surface area contributed by atoms with Gasteiger partial charge in [-0.3, -0.25) is 10.1 Å². The Morgan fingerprint density at radius 3 is 2.52 bits per heavy atom. The Hall–Kier alpha value is -2.77. The van der Waals surface area contributed by atoms with Crippen LogP contribution in [0.1, 0.15) is 24.7 Å². The summed E-state index contributed by atoms with van der Waals surface area (Å²) < 4.78 is 26.5. The zero-order chi connectivity index (χ0) is 19.7. The van der Waals surface area contributed by atoms with Gasteiger partial charge in [0.15, 0.2) is 0 Å². The van der Waals surface area contributed by atoms with Crippen molar-refractivity contribution >= 4 is 22.0 Å². The van der Waals surface area contributed by atoms with Gasteiger partial charge >= 0.3 is 6.03 Å². The Morgan fingerprint density at radius 2 is 1.96 bits per heavy atom. The molecule has 9 nitrogen and oxygen atoms in total. The molecule has 1 aromatic heterocycles. The van der Waals surface area contributed by atoms with E-state index < -0.39 is 33.3 Å². The first-order chi connectivity index (χ1) is 12.7. The van der Waals surface area contributed by atoms with E-state index in [4.69, 9.17) is 0 Å². The number of rotatable bonds is 3. The van der Waals surface area contributed by atoms with E-state index in [1.165, 1.54) is 11.2 Å². The third kappa shape index (κ3) is 4.32. The molecule has 10 heteroatoms. The maximum Gasteiger partial charge on any atom is 0.322 e. The Kier molecular flexibility index (Phi) is 4.99. The van der Waals surface area contributed by atoms with Gasteiger partial charge in [-0.25, -0.2) is 23.2 Å². The van der Waals surface area contributed by atoms with E-state index >= 15 is 0 Å². The molecular formula is C17H19N5O4S. The van der Waals surface area contributed by atoms with E-state index in [0.29, 0.717) is 17.8 Å². The summed E-state index contributed by atoms with van der Waals surface area (Å²) in [6.45, 7) is 3.61. The monoisotopic (exact) mass is 389 g/mol. The number of amides is 3. The Morgan fingerprint density at radius 1 is 1.26 bits per heavy atom. The molecule has 1 aromatic rings. The average molecular weight is 389 g/mol. The van der Waals surface area contributed by atoms with Crippen molar-refractivity contribution < 1.29 is 18.0 Å². The molecule has 0 aromatic carbocycles. The first kappa shape index (κ1) is 19.0. The lowest BCUT2D eigenvalue weighted by atomic mass is 10.1.